The Bertz CT molecular complexity index is 577. The molecule has 8 heteroatoms. The standard InChI is InChI=1S/C11H13IN6O/c1-18(2)10-14-9(17-13)15-11(16-10)19-8-5-3-4-7(12)6-8/h3-6H,13H2,1-2H3,(H,14,15,16,17). The minimum atomic E-state index is 0.189. The maximum absolute atomic E-state index is 5.60. The van der Waals surface area contributed by atoms with E-state index >= 15 is 0 Å². The second-order valence-corrected chi connectivity index (χ2v) is 5.09. The summed E-state index contributed by atoms with van der Waals surface area (Å²) in [4.78, 5) is 14.1. The summed E-state index contributed by atoms with van der Waals surface area (Å²) in [6.45, 7) is 0. The number of nitrogen functional groups attached to an aromatic ring is 1. The number of hydrogen-bond donors (Lipinski definition) is 2. The Morgan fingerprint density at radius 1 is 1.26 bits per heavy atom. The van der Waals surface area contributed by atoms with Gasteiger partial charge in [-0.25, -0.2) is 5.84 Å². The van der Waals surface area contributed by atoms with E-state index in [0.717, 1.165) is 3.57 Å². The van der Waals surface area contributed by atoms with Gasteiger partial charge in [-0.15, -0.1) is 0 Å². The van der Waals surface area contributed by atoms with Crippen molar-refractivity contribution in [3.05, 3.63) is 27.8 Å². The lowest BCUT2D eigenvalue weighted by Crippen LogP contribution is -2.17. The molecule has 0 spiro atoms. The molecular formula is C11H13IN6O. The van der Waals surface area contributed by atoms with Gasteiger partial charge in [0, 0.05) is 17.7 Å². The fourth-order valence-corrected chi connectivity index (χ4v) is 1.81. The van der Waals surface area contributed by atoms with Crippen LogP contribution in [0.1, 0.15) is 0 Å². The number of rotatable bonds is 4. The van der Waals surface area contributed by atoms with Gasteiger partial charge in [0.05, 0.1) is 0 Å². The van der Waals surface area contributed by atoms with E-state index in [4.69, 9.17) is 10.6 Å². The van der Waals surface area contributed by atoms with Crippen LogP contribution in [-0.4, -0.2) is 29.0 Å². The predicted molar refractivity (Wildman–Crippen MR) is 81.2 cm³/mol. The van der Waals surface area contributed by atoms with Gasteiger partial charge in [-0.05, 0) is 40.8 Å². The molecule has 2 aromatic rings. The first-order chi connectivity index (χ1) is 9.08. The van der Waals surface area contributed by atoms with Crippen molar-refractivity contribution in [2.45, 2.75) is 0 Å². The first-order valence-corrected chi connectivity index (χ1v) is 6.50. The predicted octanol–water partition coefficient (Wildman–Crippen LogP) is 1.62. The summed E-state index contributed by atoms with van der Waals surface area (Å²) in [7, 11) is 3.65. The van der Waals surface area contributed by atoms with Gasteiger partial charge >= 0.3 is 6.01 Å². The molecule has 0 fully saturated rings. The van der Waals surface area contributed by atoms with Crippen LogP contribution in [0, 0.1) is 3.57 Å². The fraction of sp³-hybridized carbons (Fsp3) is 0.182. The minimum Gasteiger partial charge on any atom is -0.424 e. The second-order valence-electron chi connectivity index (χ2n) is 3.84. The molecule has 0 radical (unpaired) electrons. The molecule has 0 saturated carbocycles. The van der Waals surface area contributed by atoms with E-state index in [9.17, 15) is 0 Å². The average molecular weight is 372 g/mol. The third-order valence-electron chi connectivity index (χ3n) is 2.14. The highest BCUT2D eigenvalue weighted by Crippen LogP contribution is 2.21. The van der Waals surface area contributed by atoms with Crippen molar-refractivity contribution < 1.29 is 4.74 Å². The molecular weight excluding hydrogens is 359 g/mol. The molecule has 7 nitrogen and oxygen atoms in total. The van der Waals surface area contributed by atoms with E-state index in [2.05, 4.69) is 43.0 Å². The van der Waals surface area contributed by atoms with Gasteiger partial charge in [0.1, 0.15) is 5.75 Å². The van der Waals surface area contributed by atoms with E-state index in [1.807, 2.05) is 38.4 Å². The molecule has 2 rings (SSSR count). The van der Waals surface area contributed by atoms with Gasteiger partial charge in [0.15, 0.2) is 0 Å². The van der Waals surface area contributed by atoms with Gasteiger partial charge in [0.25, 0.3) is 0 Å². The zero-order valence-corrected chi connectivity index (χ0v) is 12.6. The first kappa shape index (κ1) is 13.7. The summed E-state index contributed by atoms with van der Waals surface area (Å²) < 4.78 is 6.67. The number of ether oxygens (including phenoxy) is 1. The van der Waals surface area contributed by atoms with Gasteiger partial charge in [0.2, 0.25) is 11.9 Å². The molecule has 0 saturated heterocycles. The topological polar surface area (TPSA) is 89.2 Å². The quantitative estimate of drug-likeness (QED) is 0.479. The van der Waals surface area contributed by atoms with E-state index in [1.54, 1.807) is 4.90 Å². The molecule has 0 aliphatic carbocycles. The Hall–Kier alpha value is -1.68. The molecule has 19 heavy (non-hydrogen) atoms. The van der Waals surface area contributed by atoms with Crippen molar-refractivity contribution in [2.75, 3.05) is 24.4 Å². The van der Waals surface area contributed by atoms with Crippen molar-refractivity contribution in [2.24, 2.45) is 5.84 Å². The third-order valence-corrected chi connectivity index (χ3v) is 2.81. The monoisotopic (exact) mass is 372 g/mol. The van der Waals surface area contributed by atoms with Gasteiger partial charge in [-0.1, -0.05) is 6.07 Å². The normalized spacial score (nSPS) is 10.1. The number of nitrogens with one attached hydrogen (secondary N) is 1. The van der Waals surface area contributed by atoms with Crippen molar-refractivity contribution >= 4 is 34.5 Å². The lowest BCUT2D eigenvalue weighted by molar-refractivity contribution is 0.440. The number of hydrogen-bond acceptors (Lipinski definition) is 7. The van der Waals surface area contributed by atoms with Crippen molar-refractivity contribution in [3.8, 4) is 11.8 Å². The number of hydrazine groups is 1. The molecule has 0 atom stereocenters. The van der Waals surface area contributed by atoms with Crippen LogP contribution in [0.25, 0.3) is 0 Å². The van der Waals surface area contributed by atoms with Crippen molar-refractivity contribution in [1.82, 2.24) is 15.0 Å². The first-order valence-electron chi connectivity index (χ1n) is 5.42. The zero-order chi connectivity index (χ0) is 13.8. The maximum atomic E-state index is 5.60. The minimum absolute atomic E-state index is 0.189. The SMILES string of the molecule is CN(C)c1nc(NN)nc(Oc2cccc(I)c2)n1. The summed E-state index contributed by atoms with van der Waals surface area (Å²) in [6.07, 6.45) is 0. The van der Waals surface area contributed by atoms with Crippen LogP contribution in [0.5, 0.6) is 11.8 Å². The highest BCUT2D eigenvalue weighted by atomic mass is 127. The zero-order valence-electron chi connectivity index (χ0n) is 10.5. The number of nitrogens with zero attached hydrogens (tertiary/aromatic N) is 4. The third kappa shape index (κ3) is 3.64. The van der Waals surface area contributed by atoms with Crippen LogP contribution >= 0.6 is 22.6 Å². The molecule has 0 unspecified atom stereocenters. The Morgan fingerprint density at radius 2 is 2.05 bits per heavy atom. The van der Waals surface area contributed by atoms with Gasteiger partial charge in [-0.3, -0.25) is 5.43 Å². The largest absolute Gasteiger partial charge is 0.424 e. The lowest BCUT2D eigenvalue weighted by Gasteiger charge is -2.12. The summed E-state index contributed by atoms with van der Waals surface area (Å²) in [6, 6.07) is 7.77. The Kier molecular flexibility index (Phi) is 4.32. The summed E-state index contributed by atoms with van der Waals surface area (Å²) in [5, 5.41) is 0. The maximum Gasteiger partial charge on any atom is 0.328 e. The summed E-state index contributed by atoms with van der Waals surface area (Å²) in [5.74, 6) is 6.70. The summed E-state index contributed by atoms with van der Waals surface area (Å²) in [5.41, 5.74) is 2.39. The lowest BCUT2D eigenvalue weighted by atomic mass is 10.3. The number of benzene rings is 1. The van der Waals surface area contributed by atoms with E-state index in [0.29, 0.717) is 11.7 Å². The molecule has 1 heterocycles. The van der Waals surface area contributed by atoms with E-state index in [-0.39, 0.29) is 12.0 Å². The number of halogens is 1. The van der Waals surface area contributed by atoms with Crippen LogP contribution < -0.4 is 20.9 Å². The van der Waals surface area contributed by atoms with E-state index in [1.165, 1.54) is 0 Å². The molecule has 1 aromatic carbocycles. The smallest absolute Gasteiger partial charge is 0.328 e. The van der Waals surface area contributed by atoms with Crippen molar-refractivity contribution in [1.29, 1.82) is 0 Å². The molecule has 0 aliphatic heterocycles. The molecule has 0 bridgehead atoms. The number of aromatic nitrogens is 3. The molecule has 0 aliphatic rings. The molecule has 3 N–H and O–H groups in total. The number of nitrogens with two attached hydrogens (primary N) is 1. The van der Waals surface area contributed by atoms with Crippen LogP contribution in [-0.2, 0) is 0 Å². The molecule has 1 aromatic heterocycles. The Morgan fingerprint density at radius 3 is 2.68 bits per heavy atom. The Labute approximate surface area is 124 Å². The summed E-state index contributed by atoms with van der Waals surface area (Å²) >= 11 is 2.21. The van der Waals surface area contributed by atoms with Crippen LogP contribution in [0.4, 0.5) is 11.9 Å². The number of anilines is 2. The van der Waals surface area contributed by atoms with Gasteiger partial charge in [-0.2, -0.15) is 15.0 Å². The average Bonchev–Trinajstić information content (AvgIpc) is 2.38. The molecule has 100 valence electrons. The Balaban J connectivity index is 2.31. The van der Waals surface area contributed by atoms with Gasteiger partial charge < -0.3 is 9.64 Å². The van der Waals surface area contributed by atoms with Crippen LogP contribution in [0.15, 0.2) is 24.3 Å². The van der Waals surface area contributed by atoms with E-state index < -0.39 is 0 Å². The second kappa shape index (κ2) is 5.97. The van der Waals surface area contributed by atoms with Crippen molar-refractivity contribution in [3.63, 3.8) is 0 Å². The highest BCUT2D eigenvalue weighted by molar-refractivity contribution is 14.1. The van der Waals surface area contributed by atoms with Crippen LogP contribution in [0.3, 0.4) is 0 Å². The fourth-order valence-electron chi connectivity index (χ4n) is 1.29. The highest BCUT2D eigenvalue weighted by Gasteiger charge is 2.09. The van der Waals surface area contributed by atoms with Crippen LogP contribution in [0.2, 0.25) is 0 Å². The molecule has 0 amide bonds.